The van der Waals surface area contributed by atoms with Gasteiger partial charge in [-0.15, -0.1) is 0 Å². The lowest BCUT2D eigenvalue weighted by Gasteiger charge is -2.14. The molecule has 0 unspecified atom stereocenters. The number of fused-ring (bicyclic) bond motifs is 1. The third-order valence-corrected chi connectivity index (χ3v) is 5.12. The molecular formula is C23H23N3O4. The molecule has 0 radical (unpaired) electrons. The van der Waals surface area contributed by atoms with Crippen LogP contribution in [0.15, 0.2) is 57.7 Å². The summed E-state index contributed by atoms with van der Waals surface area (Å²) in [6, 6.07) is 12.9. The Morgan fingerprint density at radius 2 is 2.00 bits per heavy atom. The number of carbonyl (C=O) groups excluding carboxylic acids is 1. The zero-order valence-corrected chi connectivity index (χ0v) is 17.1. The van der Waals surface area contributed by atoms with Crippen molar-refractivity contribution < 1.29 is 18.5 Å². The summed E-state index contributed by atoms with van der Waals surface area (Å²) in [5.41, 5.74) is 2.98. The van der Waals surface area contributed by atoms with Gasteiger partial charge in [-0.3, -0.25) is 4.79 Å². The Morgan fingerprint density at radius 1 is 1.17 bits per heavy atom. The lowest BCUT2D eigenvalue weighted by Crippen LogP contribution is -2.33. The van der Waals surface area contributed by atoms with Gasteiger partial charge < -0.3 is 19.0 Å². The first kappa shape index (κ1) is 19.7. The van der Waals surface area contributed by atoms with E-state index < -0.39 is 0 Å². The normalized spacial score (nSPS) is 11.2. The van der Waals surface area contributed by atoms with Crippen LogP contribution in [0.3, 0.4) is 0 Å². The minimum absolute atomic E-state index is 0.116. The van der Waals surface area contributed by atoms with Crippen LogP contribution in [0.2, 0.25) is 0 Å². The monoisotopic (exact) mass is 405 g/mol. The Bertz CT molecular complexity index is 1170. The number of carbonyl (C=O) groups is 1. The van der Waals surface area contributed by atoms with Crippen molar-refractivity contribution in [3.8, 4) is 28.6 Å². The molecule has 0 saturated carbocycles. The SMILES string of the molecule is CCC(CC)NC(=O)c1ccc2onc(-c3coc(-c4cccc(OC)c4)n3)c2c1. The van der Waals surface area contributed by atoms with Crippen LogP contribution < -0.4 is 10.1 Å². The van der Waals surface area contributed by atoms with Gasteiger partial charge in [-0.25, -0.2) is 4.98 Å². The van der Waals surface area contributed by atoms with Gasteiger partial charge in [0.2, 0.25) is 5.89 Å². The van der Waals surface area contributed by atoms with E-state index in [2.05, 4.69) is 29.3 Å². The van der Waals surface area contributed by atoms with Gasteiger partial charge >= 0.3 is 0 Å². The number of oxazole rings is 1. The number of amides is 1. The lowest BCUT2D eigenvalue weighted by molar-refractivity contribution is 0.0935. The van der Waals surface area contributed by atoms with Crippen molar-refractivity contribution in [1.82, 2.24) is 15.5 Å². The van der Waals surface area contributed by atoms with Gasteiger partial charge in [0.15, 0.2) is 5.58 Å². The van der Waals surface area contributed by atoms with E-state index >= 15 is 0 Å². The topological polar surface area (TPSA) is 90.4 Å². The van der Waals surface area contributed by atoms with E-state index in [1.807, 2.05) is 24.3 Å². The van der Waals surface area contributed by atoms with Crippen LogP contribution >= 0.6 is 0 Å². The van der Waals surface area contributed by atoms with Crippen molar-refractivity contribution in [2.45, 2.75) is 32.7 Å². The molecule has 2 aromatic carbocycles. The average Bonchev–Trinajstić information content (AvgIpc) is 3.43. The summed E-state index contributed by atoms with van der Waals surface area (Å²) < 4.78 is 16.3. The van der Waals surface area contributed by atoms with E-state index in [4.69, 9.17) is 13.7 Å². The molecule has 7 nitrogen and oxygen atoms in total. The highest BCUT2D eigenvalue weighted by Crippen LogP contribution is 2.31. The van der Waals surface area contributed by atoms with E-state index in [9.17, 15) is 4.79 Å². The Hall–Kier alpha value is -3.61. The maximum atomic E-state index is 12.6. The molecule has 0 spiro atoms. The zero-order valence-electron chi connectivity index (χ0n) is 17.1. The molecule has 0 bridgehead atoms. The molecule has 2 heterocycles. The zero-order chi connectivity index (χ0) is 21.1. The summed E-state index contributed by atoms with van der Waals surface area (Å²) in [4.78, 5) is 17.2. The molecular weight excluding hydrogens is 382 g/mol. The molecule has 0 saturated heterocycles. The van der Waals surface area contributed by atoms with Gasteiger partial charge in [-0.1, -0.05) is 25.1 Å². The summed E-state index contributed by atoms with van der Waals surface area (Å²) in [6.45, 7) is 4.11. The van der Waals surface area contributed by atoms with Crippen LogP contribution in [-0.4, -0.2) is 29.2 Å². The highest BCUT2D eigenvalue weighted by atomic mass is 16.5. The second kappa shape index (κ2) is 8.41. The molecule has 1 N–H and O–H groups in total. The van der Waals surface area contributed by atoms with Crippen LogP contribution in [0.1, 0.15) is 37.0 Å². The number of hydrogen-bond donors (Lipinski definition) is 1. The number of nitrogens with zero attached hydrogens (tertiary/aromatic N) is 2. The van der Waals surface area contributed by atoms with Gasteiger partial charge in [0.1, 0.15) is 23.4 Å². The largest absolute Gasteiger partial charge is 0.497 e. The predicted molar refractivity (Wildman–Crippen MR) is 113 cm³/mol. The van der Waals surface area contributed by atoms with Crippen LogP contribution in [-0.2, 0) is 0 Å². The van der Waals surface area contributed by atoms with Crippen LogP contribution in [0, 0.1) is 0 Å². The molecule has 0 aliphatic heterocycles. The number of aromatic nitrogens is 2. The first-order chi connectivity index (χ1) is 14.6. The van der Waals surface area contributed by atoms with Crippen LogP contribution in [0.25, 0.3) is 33.8 Å². The lowest BCUT2D eigenvalue weighted by atomic mass is 10.1. The third-order valence-electron chi connectivity index (χ3n) is 5.12. The highest BCUT2D eigenvalue weighted by Gasteiger charge is 2.18. The van der Waals surface area contributed by atoms with Gasteiger partial charge in [0, 0.05) is 17.2 Å². The first-order valence-corrected chi connectivity index (χ1v) is 9.93. The Kier molecular flexibility index (Phi) is 5.52. The molecule has 154 valence electrons. The highest BCUT2D eigenvalue weighted by molar-refractivity contribution is 6.00. The van der Waals surface area contributed by atoms with Gasteiger partial charge in [-0.05, 0) is 49.2 Å². The number of nitrogens with one attached hydrogen (secondary N) is 1. The fraction of sp³-hybridized carbons (Fsp3) is 0.261. The smallest absolute Gasteiger partial charge is 0.251 e. The number of hydrogen-bond acceptors (Lipinski definition) is 6. The molecule has 2 aromatic heterocycles. The van der Waals surface area contributed by atoms with E-state index in [1.54, 1.807) is 25.3 Å². The summed E-state index contributed by atoms with van der Waals surface area (Å²) >= 11 is 0. The second-order valence-electron chi connectivity index (χ2n) is 7.00. The number of ether oxygens (including phenoxy) is 1. The van der Waals surface area contributed by atoms with Crippen molar-refractivity contribution in [1.29, 1.82) is 0 Å². The quantitative estimate of drug-likeness (QED) is 0.461. The minimum atomic E-state index is -0.116. The Morgan fingerprint density at radius 3 is 2.77 bits per heavy atom. The number of methoxy groups -OCH3 is 1. The van der Waals surface area contributed by atoms with Gasteiger partial charge in [0.05, 0.1) is 12.5 Å². The van der Waals surface area contributed by atoms with Crippen LogP contribution in [0.5, 0.6) is 5.75 Å². The fourth-order valence-corrected chi connectivity index (χ4v) is 3.30. The summed E-state index contributed by atoms with van der Waals surface area (Å²) in [7, 11) is 1.61. The van der Waals surface area contributed by atoms with Crippen molar-refractivity contribution >= 4 is 16.9 Å². The van der Waals surface area contributed by atoms with Crippen molar-refractivity contribution in [2.24, 2.45) is 0 Å². The maximum absolute atomic E-state index is 12.6. The van der Waals surface area contributed by atoms with Crippen molar-refractivity contribution in [2.75, 3.05) is 7.11 Å². The van der Waals surface area contributed by atoms with E-state index in [0.29, 0.717) is 39.6 Å². The van der Waals surface area contributed by atoms with Crippen molar-refractivity contribution in [3.05, 3.63) is 54.3 Å². The molecule has 30 heavy (non-hydrogen) atoms. The molecule has 4 rings (SSSR count). The third kappa shape index (κ3) is 3.78. The summed E-state index contributed by atoms with van der Waals surface area (Å²) in [5.74, 6) is 1.05. The molecule has 0 fully saturated rings. The number of rotatable bonds is 7. The number of benzene rings is 2. The maximum Gasteiger partial charge on any atom is 0.251 e. The Labute approximate surface area is 174 Å². The molecule has 0 atom stereocenters. The predicted octanol–water partition coefficient (Wildman–Crippen LogP) is 5.08. The van der Waals surface area contributed by atoms with Crippen molar-refractivity contribution in [3.63, 3.8) is 0 Å². The average molecular weight is 405 g/mol. The Balaban J connectivity index is 1.66. The minimum Gasteiger partial charge on any atom is -0.497 e. The van der Waals surface area contributed by atoms with E-state index in [-0.39, 0.29) is 11.9 Å². The molecule has 0 aliphatic carbocycles. The van der Waals surface area contributed by atoms with Gasteiger partial charge in [-0.2, -0.15) is 0 Å². The molecule has 4 aromatic rings. The van der Waals surface area contributed by atoms with Gasteiger partial charge in [0.25, 0.3) is 5.91 Å². The summed E-state index contributed by atoms with van der Waals surface area (Å²) in [6.07, 6.45) is 3.30. The van der Waals surface area contributed by atoms with E-state index in [0.717, 1.165) is 18.4 Å². The molecule has 7 heteroatoms. The first-order valence-electron chi connectivity index (χ1n) is 9.93. The fourth-order valence-electron chi connectivity index (χ4n) is 3.30. The second-order valence-corrected chi connectivity index (χ2v) is 7.00. The standard InChI is InChI=1S/C23H23N3O4/c1-4-16(5-2)24-22(27)14-9-10-20-18(12-14)21(26-30-20)19-13-29-23(25-19)15-7-6-8-17(11-15)28-3/h6-13,16H,4-5H2,1-3H3,(H,24,27). The molecule has 0 aliphatic rings. The summed E-state index contributed by atoms with van der Waals surface area (Å²) in [5, 5.41) is 7.90. The van der Waals surface area contributed by atoms with E-state index in [1.165, 1.54) is 6.26 Å². The van der Waals surface area contributed by atoms with Crippen LogP contribution in [0.4, 0.5) is 0 Å². The molecule has 1 amide bonds.